The fourth-order valence-electron chi connectivity index (χ4n) is 4.09. The standard InChI is InChI=1S/C20H24N6/c1-15-22-16(2)26(23-15)12-17-6-5-8-24(11-17)13-18-14-25-9-4-3-7-20(25)19(18)10-21/h3-4,7,9,14,17H,5-6,8,11-13H2,1-2H3. The minimum Gasteiger partial charge on any atom is -0.322 e. The van der Waals surface area contributed by atoms with Crippen LogP contribution in [-0.4, -0.2) is 37.2 Å². The molecule has 0 aromatic carbocycles. The molecular formula is C20H24N6. The molecule has 0 saturated carbocycles. The highest BCUT2D eigenvalue weighted by Gasteiger charge is 2.23. The van der Waals surface area contributed by atoms with Gasteiger partial charge in [0.2, 0.25) is 0 Å². The molecule has 0 N–H and O–H groups in total. The second-order valence-corrected chi connectivity index (χ2v) is 7.27. The zero-order valence-corrected chi connectivity index (χ0v) is 15.4. The zero-order valence-electron chi connectivity index (χ0n) is 15.4. The van der Waals surface area contributed by atoms with Crippen LogP contribution in [0.1, 0.15) is 35.6 Å². The van der Waals surface area contributed by atoms with E-state index < -0.39 is 0 Å². The van der Waals surface area contributed by atoms with Crippen molar-refractivity contribution < 1.29 is 0 Å². The molecule has 0 amide bonds. The lowest BCUT2D eigenvalue weighted by molar-refractivity contribution is 0.152. The highest BCUT2D eigenvalue weighted by molar-refractivity contribution is 5.65. The average molecular weight is 348 g/mol. The fraction of sp³-hybridized carbons (Fsp3) is 0.450. The van der Waals surface area contributed by atoms with Gasteiger partial charge in [0.05, 0.1) is 11.1 Å². The lowest BCUT2D eigenvalue weighted by Gasteiger charge is -2.32. The topological polar surface area (TPSA) is 62.2 Å². The summed E-state index contributed by atoms with van der Waals surface area (Å²) in [7, 11) is 0. The number of aryl methyl sites for hydroxylation is 2. The Balaban J connectivity index is 1.49. The van der Waals surface area contributed by atoms with Crippen molar-refractivity contribution in [2.45, 2.75) is 39.8 Å². The van der Waals surface area contributed by atoms with Gasteiger partial charge in [-0.1, -0.05) is 6.07 Å². The summed E-state index contributed by atoms with van der Waals surface area (Å²) < 4.78 is 4.09. The van der Waals surface area contributed by atoms with E-state index in [1.807, 2.05) is 42.9 Å². The molecule has 1 saturated heterocycles. The molecule has 6 heteroatoms. The number of nitrogens with zero attached hydrogens (tertiary/aromatic N) is 6. The number of pyridine rings is 1. The maximum absolute atomic E-state index is 9.61. The normalized spacial score (nSPS) is 18.3. The first-order valence-corrected chi connectivity index (χ1v) is 9.23. The lowest BCUT2D eigenvalue weighted by atomic mass is 9.97. The average Bonchev–Trinajstić information content (AvgIpc) is 3.13. The zero-order chi connectivity index (χ0) is 18.1. The van der Waals surface area contributed by atoms with Crippen molar-refractivity contribution in [1.82, 2.24) is 24.1 Å². The van der Waals surface area contributed by atoms with E-state index >= 15 is 0 Å². The molecule has 1 aliphatic heterocycles. The number of likely N-dealkylation sites (tertiary alicyclic amines) is 1. The Morgan fingerprint density at radius 1 is 1.31 bits per heavy atom. The minimum atomic E-state index is 0.575. The van der Waals surface area contributed by atoms with E-state index in [9.17, 15) is 5.26 Å². The Labute approximate surface area is 153 Å². The Kier molecular flexibility index (Phi) is 4.48. The van der Waals surface area contributed by atoms with Crippen molar-refractivity contribution in [3.05, 3.63) is 53.4 Å². The van der Waals surface area contributed by atoms with E-state index in [2.05, 4.69) is 31.6 Å². The number of hydrogen-bond donors (Lipinski definition) is 0. The minimum absolute atomic E-state index is 0.575. The van der Waals surface area contributed by atoms with E-state index in [1.54, 1.807) is 0 Å². The third-order valence-corrected chi connectivity index (χ3v) is 5.26. The van der Waals surface area contributed by atoms with E-state index in [0.29, 0.717) is 5.92 Å². The van der Waals surface area contributed by atoms with Crippen LogP contribution < -0.4 is 0 Å². The first kappa shape index (κ1) is 16.8. The molecule has 0 aliphatic carbocycles. The van der Waals surface area contributed by atoms with Gasteiger partial charge in [-0.2, -0.15) is 10.4 Å². The molecule has 3 aromatic rings. The summed E-state index contributed by atoms with van der Waals surface area (Å²) in [6, 6.07) is 8.39. The summed E-state index contributed by atoms with van der Waals surface area (Å²) in [4.78, 5) is 6.88. The van der Waals surface area contributed by atoms with Crippen LogP contribution in [-0.2, 0) is 13.1 Å². The number of nitriles is 1. The largest absolute Gasteiger partial charge is 0.322 e. The molecule has 26 heavy (non-hydrogen) atoms. The second-order valence-electron chi connectivity index (χ2n) is 7.27. The van der Waals surface area contributed by atoms with Crippen molar-refractivity contribution in [3.8, 4) is 6.07 Å². The van der Waals surface area contributed by atoms with Gasteiger partial charge in [0.25, 0.3) is 0 Å². The maximum atomic E-state index is 9.61. The number of fused-ring (bicyclic) bond motifs is 1. The Hall–Kier alpha value is -2.65. The first-order chi connectivity index (χ1) is 12.6. The molecular weight excluding hydrogens is 324 g/mol. The number of rotatable bonds is 4. The van der Waals surface area contributed by atoms with E-state index in [1.165, 1.54) is 12.8 Å². The molecule has 1 aliphatic rings. The molecule has 1 atom stereocenters. The predicted octanol–water partition coefficient (Wildman–Crippen LogP) is 2.93. The molecule has 0 bridgehead atoms. The predicted molar refractivity (Wildman–Crippen MR) is 99.6 cm³/mol. The van der Waals surface area contributed by atoms with Gasteiger partial charge in [-0.25, -0.2) is 9.67 Å². The Bertz CT molecular complexity index is 960. The molecule has 4 rings (SSSR count). The van der Waals surface area contributed by atoms with Crippen LogP contribution in [0.25, 0.3) is 5.52 Å². The number of piperidine rings is 1. The van der Waals surface area contributed by atoms with Gasteiger partial charge in [0, 0.05) is 37.6 Å². The first-order valence-electron chi connectivity index (χ1n) is 9.23. The van der Waals surface area contributed by atoms with Crippen molar-refractivity contribution in [2.75, 3.05) is 13.1 Å². The van der Waals surface area contributed by atoms with Crippen molar-refractivity contribution in [3.63, 3.8) is 0 Å². The summed E-state index contributed by atoms with van der Waals surface area (Å²) in [5.41, 5.74) is 2.91. The van der Waals surface area contributed by atoms with E-state index in [4.69, 9.17) is 0 Å². The van der Waals surface area contributed by atoms with Crippen LogP contribution in [0.3, 0.4) is 0 Å². The third-order valence-electron chi connectivity index (χ3n) is 5.26. The van der Waals surface area contributed by atoms with Gasteiger partial charge in [0.15, 0.2) is 0 Å². The van der Waals surface area contributed by atoms with E-state index in [0.717, 1.165) is 54.5 Å². The van der Waals surface area contributed by atoms with Gasteiger partial charge < -0.3 is 4.40 Å². The van der Waals surface area contributed by atoms with Crippen LogP contribution in [0.15, 0.2) is 30.6 Å². The SMILES string of the molecule is Cc1nc(C)n(CC2CCCN(Cc3cn4ccccc4c3C#N)C2)n1. The quantitative estimate of drug-likeness (QED) is 0.727. The van der Waals surface area contributed by atoms with Gasteiger partial charge in [-0.15, -0.1) is 0 Å². The molecule has 0 spiro atoms. The summed E-state index contributed by atoms with van der Waals surface area (Å²) in [6.45, 7) is 7.84. The molecule has 6 nitrogen and oxygen atoms in total. The lowest BCUT2D eigenvalue weighted by Crippen LogP contribution is -2.37. The van der Waals surface area contributed by atoms with Crippen molar-refractivity contribution in [2.24, 2.45) is 5.92 Å². The highest BCUT2D eigenvalue weighted by atomic mass is 15.3. The molecule has 134 valence electrons. The monoisotopic (exact) mass is 348 g/mol. The molecule has 0 radical (unpaired) electrons. The summed E-state index contributed by atoms with van der Waals surface area (Å²) in [6.07, 6.45) is 6.52. The smallest absolute Gasteiger partial charge is 0.147 e. The summed E-state index contributed by atoms with van der Waals surface area (Å²) in [5, 5.41) is 14.1. The maximum Gasteiger partial charge on any atom is 0.147 e. The summed E-state index contributed by atoms with van der Waals surface area (Å²) in [5.74, 6) is 2.41. The molecule has 1 fully saturated rings. The van der Waals surface area contributed by atoms with Gasteiger partial charge in [0.1, 0.15) is 17.7 Å². The molecule has 4 heterocycles. The van der Waals surface area contributed by atoms with Gasteiger partial charge in [-0.3, -0.25) is 4.90 Å². The van der Waals surface area contributed by atoms with Crippen LogP contribution in [0.5, 0.6) is 0 Å². The summed E-state index contributed by atoms with van der Waals surface area (Å²) >= 11 is 0. The second kappa shape index (κ2) is 6.93. The van der Waals surface area contributed by atoms with Gasteiger partial charge in [-0.05, 0) is 51.3 Å². The van der Waals surface area contributed by atoms with Crippen LogP contribution in [0.2, 0.25) is 0 Å². The highest BCUT2D eigenvalue weighted by Crippen LogP contribution is 2.24. The molecule has 3 aromatic heterocycles. The van der Waals surface area contributed by atoms with Gasteiger partial charge >= 0.3 is 0 Å². The van der Waals surface area contributed by atoms with Crippen molar-refractivity contribution >= 4 is 5.52 Å². The number of hydrogen-bond acceptors (Lipinski definition) is 4. The van der Waals surface area contributed by atoms with Crippen molar-refractivity contribution in [1.29, 1.82) is 5.26 Å². The molecule has 1 unspecified atom stereocenters. The fourth-order valence-corrected chi connectivity index (χ4v) is 4.09. The number of aromatic nitrogens is 4. The van der Waals surface area contributed by atoms with Crippen LogP contribution >= 0.6 is 0 Å². The Morgan fingerprint density at radius 2 is 2.19 bits per heavy atom. The third kappa shape index (κ3) is 3.23. The van der Waals surface area contributed by atoms with Crippen LogP contribution in [0, 0.1) is 31.1 Å². The van der Waals surface area contributed by atoms with Crippen LogP contribution in [0.4, 0.5) is 0 Å². The Morgan fingerprint density at radius 3 is 2.96 bits per heavy atom. The van der Waals surface area contributed by atoms with E-state index in [-0.39, 0.29) is 0 Å².